The van der Waals surface area contributed by atoms with Gasteiger partial charge in [0.1, 0.15) is 0 Å². The molecule has 2 heteroatoms. The van der Waals surface area contributed by atoms with Gasteiger partial charge in [0.05, 0.1) is 0 Å². The molecule has 0 aromatic rings. The molecule has 2 aliphatic rings. The lowest BCUT2D eigenvalue weighted by Crippen LogP contribution is -2.36. The van der Waals surface area contributed by atoms with Gasteiger partial charge in [0.15, 0.2) is 0 Å². The third-order valence-electron chi connectivity index (χ3n) is 5.21. The van der Waals surface area contributed by atoms with Crippen molar-refractivity contribution >= 4 is 5.91 Å². The largest absolute Gasteiger partial charge is 0.339 e. The Morgan fingerprint density at radius 1 is 1.22 bits per heavy atom. The van der Waals surface area contributed by atoms with Crippen molar-refractivity contribution in [2.75, 3.05) is 6.54 Å². The molecule has 1 saturated carbocycles. The maximum atomic E-state index is 12.2. The van der Waals surface area contributed by atoms with Gasteiger partial charge in [0.25, 0.3) is 0 Å². The second-order valence-electron chi connectivity index (χ2n) is 6.69. The van der Waals surface area contributed by atoms with Gasteiger partial charge in [-0.2, -0.15) is 0 Å². The van der Waals surface area contributed by atoms with Gasteiger partial charge in [-0.1, -0.05) is 40.0 Å². The van der Waals surface area contributed by atoms with E-state index in [1.54, 1.807) is 0 Å². The average Bonchev–Trinajstić information content (AvgIpc) is 2.60. The molecule has 104 valence electrons. The lowest BCUT2D eigenvalue weighted by Gasteiger charge is -2.27. The molecule has 2 rings (SSSR count). The number of nitrogens with zero attached hydrogens (tertiary/aromatic N) is 1. The first kappa shape index (κ1) is 13.9. The minimum atomic E-state index is 0.425. The van der Waals surface area contributed by atoms with Crippen LogP contribution in [0.3, 0.4) is 0 Å². The highest BCUT2D eigenvalue weighted by Gasteiger charge is 2.36. The van der Waals surface area contributed by atoms with Crippen molar-refractivity contribution in [3.05, 3.63) is 0 Å². The number of rotatable bonds is 3. The predicted molar refractivity (Wildman–Crippen MR) is 75.3 cm³/mol. The van der Waals surface area contributed by atoms with Crippen LogP contribution in [0.25, 0.3) is 0 Å². The van der Waals surface area contributed by atoms with Gasteiger partial charge >= 0.3 is 0 Å². The summed E-state index contributed by atoms with van der Waals surface area (Å²) in [5, 5.41) is 0. The molecule has 1 amide bonds. The Bertz CT molecular complexity index is 287. The number of amides is 1. The molecule has 3 unspecified atom stereocenters. The lowest BCUT2D eigenvalue weighted by atomic mass is 9.95. The van der Waals surface area contributed by atoms with Crippen molar-refractivity contribution in [3.8, 4) is 0 Å². The van der Waals surface area contributed by atoms with Gasteiger partial charge in [-0.05, 0) is 37.0 Å². The molecule has 1 saturated heterocycles. The van der Waals surface area contributed by atoms with Gasteiger partial charge in [-0.15, -0.1) is 0 Å². The number of carbonyl (C=O) groups is 1. The number of hydrogen-bond acceptors (Lipinski definition) is 1. The molecular weight excluding hydrogens is 222 g/mol. The van der Waals surface area contributed by atoms with E-state index in [1.807, 2.05) is 0 Å². The van der Waals surface area contributed by atoms with Crippen LogP contribution in [0.2, 0.25) is 0 Å². The van der Waals surface area contributed by atoms with E-state index in [-0.39, 0.29) is 0 Å². The summed E-state index contributed by atoms with van der Waals surface area (Å²) in [6.45, 7) is 7.84. The van der Waals surface area contributed by atoms with Gasteiger partial charge in [-0.3, -0.25) is 4.79 Å². The number of likely N-dealkylation sites (tertiary alicyclic amines) is 1. The van der Waals surface area contributed by atoms with E-state index in [0.29, 0.717) is 23.8 Å². The maximum absolute atomic E-state index is 12.2. The average molecular weight is 251 g/mol. The summed E-state index contributed by atoms with van der Waals surface area (Å²) >= 11 is 0. The fourth-order valence-electron chi connectivity index (χ4n) is 3.64. The number of hydrogen-bond donors (Lipinski definition) is 0. The van der Waals surface area contributed by atoms with Crippen molar-refractivity contribution in [1.29, 1.82) is 0 Å². The second kappa shape index (κ2) is 6.08. The fraction of sp³-hybridized carbons (Fsp3) is 0.938. The molecule has 0 aromatic carbocycles. The molecular formula is C16H29NO. The lowest BCUT2D eigenvalue weighted by molar-refractivity contribution is -0.129. The van der Waals surface area contributed by atoms with Crippen LogP contribution in [0.5, 0.6) is 0 Å². The highest BCUT2D eigenvalue weighted by Crippen LogP contribution is 2.33. The SMILES string of the molecule is CCC1CCCC(N2CC(C(C)C)CC2=O)CC1. The van der Waals surface area contributed by atoms with Crippen molar-refractivity contribution in [2.45, 2.75) is 71.8 Å². The number of carbonyl (C=O) groups excluding carboxylic acids is 1. The summed E-state index contributed by atoms with van der Waals surface area (Å²) in [7, 11) is 0. The molecule has 2 fully saturated rings. The Kier molecular flexibility index (Phi) is 4.69. The van der Waals surface area contributed by atoms with Crippen LogP contribution in [-0.2, 0) is 4.79 Å². The minimum Gasteiger partial charge on any atom is -0.339 e. The normalized spacial score (nSPS) is 34.1. The highest BCUT2D eigenvalue weighted by molar-refractivity contribution is 5.79. The molecule has 1 aliphatic carbocycles. The first-order valence-electron chi connectivity index (χ1n) is 7.91. The van der Waals surface area contributed by atoms with Crippen LogP contribution in [0.15, 0.2) is 0 Å². The first-order valence-corrected chi connectivity index (χ1v) is 7.91. The van der Waals surface area contributed by atoms with Crippen LogP contribution in [0, 0.1) is 17.8 Å². The molecule has 0 radical (unpaired) electrons. The standard InChI is InChI=1S/C16H29NO/c1-4-13-6-5-7-15(9-8-13)17-11-14(12(2)3)10-16(17)18/h12-15H,4-11H2,1-3H3. The van der Waals surface area contributed by atoms with Crippen LogP contribution in [0.4, 0.5) is 0 Å². The predicted octanol–water partition coefficient (Wildman–Crippen LogP) is 3.85. The summed E-state index contributed by atoms with van der Waals surface area (Å²) < 4.78 is 0. The fourth-order valence-corrected chi connectivity index (χ4v) is 3.64. The van der Waals surface area contributed by atoms with Crippen molar-refractivity contribution in [1.82, 2.24) is 4.90 Å². The summed E-state index contributed by atoms with van der Waals surface area (Å²) in [4.78, 5) is 14.4. The molecule has 3 atom stereocenters. The molecule has 0 spiro atoms. The van der Waals surface area contributed by atoms with E-state index in [1.165, 1.54) is 38.5 Å². The summed E-state index contributed by atoms with van der Waals surface area (Å²) in [6, 6.07) is 0.554. The second-order valence-corrected chi connectivity index (χ2v) is 6.69. The van der Waals surface area contributed by atoms with Crippen LogP contribution in [-0.4, -0.2) is 23.4 Å². The van der Waals surface area contributed by atoms with Gasteiger partial charge < -0.3 is 4.90 Å². The monoisotopic (exact) mass is 251 g/mol. The Morgan fingerprint density at radius 2 is 2.00 bits per heavy atom. The van der Waals surface area contributed by atoms with Crippen LogP contribution in [0.1, 0.15) is 65.7 Å². The molecule has 0 bridgehead atoms. The van der Waals surface area contributed by atoms with Gasteiger partial charge in [0, 0.05) is 19.0 Å². The van der Waals surface area contributed by atoms with Crippen molar-refractivity contribution in [3.63, 3.8) is 0 Å². The maximum Gasteiger partial charge on any atom is 0.223 e. The molecule has 2 nitrogen and oxygen atoms in total. The summed E-state index contributed by atoms with van der Waals surface area (Å²) in [5.74, 6) is 2.58. The topological polar surface area (TPSA) is 20.3 Å². The van der Waals surface area contributed by atoms with E-state index in [2.05, 4.69) is 25.7 Å². The third kappa shape index (κ3) is 3.07. The first-order chi connectivity index (χ1) is 8.61. The highest BCUT2D eigenvalue weighted by atomic mass is 16.2. The Labute approximate surface area is 112 Å². The van der Waals surface area contributed by atoms with E-state index < -0.39 is 0 Å². The Balaban J connectivity index is 1.93. The zero-order valence-electron chi connectivity index (χ0n) is 12.3. The van der Waals surface area contributed by atoms with Gasteiger partial charge in [0.2, 0.25) is 5.91 Å². The quantitative estimate of drug-likeness (QED) is 0.698. The smallest absolute Gasteiger partial charge is 0.223 e. The van der Waals surface area contributed by atoms with E-state index >= 15 is 0 Å². The molecule has 1 aliphatic heterocycles. The van der Waals surface area contributed by atoms with Gasteiger partial charge in [-0.25, -0.2) is 0 Å². The van der Waals surface area contributed by atoms with Crippen LogP contribution < -0.4 is 0 Å². The zero-order chi connectivity index (χ0) is 13.1. The van der Waals surface area contributed by atoms with E-state index in [0.717, 1.165) is 18.9 Å². The van der Waals surface area contributed by atoms with E-state index in [4.69, 9.17) is 0 Å². The Morgan fingerprint density at radius 3 is 2.61 bits per heavy atom. The molecule has 18 heavy (non-hydrogen) atoms. The van der Waals surface area contributed by atoms with Crippen LogP contribution >= 0.6 is 0 Å². The zero-order valence-corrected chi connectivity index (χ0v) is 12.3. The third-order valence-corrected chi connectivity index (χ3v) is 5.21. The molecule has 0 aromatic heterocycles. The summed E-state index contributed by atoms with van der Waals surface area (Å²) in [5.41, 5.74) is 0. The Hall–Kier alpha value is -0.530. The molecule has 0 N–H and O–H groups in total. The van der Waals surface area contributed by atoms with E-state index in [9.17, 15) is 4.79 Å². The summed E-state index contributed by atoms with van der Waals surface area (Å²) in [6.07, 6.45) is 8.63. The molecule has 1 heterocycles. The minimum absolute atomic E-state index is 0.425. The van der Waals surface area contributed by atoms with Crippen molar-refractivity contribution < 1.29 is 4.79 Å². The van der Waals surface area contributed by atoms with Crippen molar-refractivity contribution in [2.24, 2.45) is 17.8 Å².